The number of benzene rings is 2. The number of aromatic amines is 1. The Balaban J connectivity index is 1.58. The molecule has 154 valence electrons. The molecule has 1 atom stereocenters. The van der Waals surface area contributed by atoms with Crippen molar-refractivity contribution < 1.29 is 4.42 Å². The lowest BCUT2D eigenvalue weighted by Gasteiger charge is -2.26. The molecule has 0 aliphatic heterocycles. The Kier molecular flexibility index (Phi) is 5.72. The molecular weight excluding hydrogens is 378 g/mol. The molecule has 4 rings (SSSR count). The van der Waals surface area contributed by atoms with Gasteiger partial charge in [-0.2, -0.15) is 0 Å². The lowest BCUT2D eigenvalue weighted by Crippen LogP contribution is -2.33. The molecule has 0 amide bonds. The number of hydrogen-bond acceptors (Lipinski definition) is 6. The largest absolute Gasteiger partial charge is 0.419 e. The van der Waals surface area contributed by atoms with Crippen molar-refractivity contribution in [3.05, 3.63) is 76.2 Å². The van der Waals surface area contributed by atoms with Gasteiger partial charge in [-0.05, 0) is 44.5 Å². The Bertz CT molecular complexity index is 1210. The van der Waals surface area contributed by atoms with E-state index in [-0.39, 0.29) is 11.6 Å². The molecule has 30 heavy (non-hydrogen) atoms. The first-order chi connectivity index (χ1) is 14.5. The fourth-order valence-electron chi connectivity index (χ4n) is 3.41. The molecule has 0 saturated carbocycles. The molecule has 0 aliphatic rings. The molecule has 0 aliphatic carbocycles. The van der Waals surface area contributed by atoms with Gasteiger partial charge in [0.1, 0.15) is 5.82 Å². The Hall–Kier alpha value is -3.32. The first kappa shape index (κ1) is 20.0. The maximum Gasteiger partial charge on any atom is 0.258 e. The van der Waals surface area contributed by atoms with Crippen LogP contribution in [0.1, 0.15) is 37.5 Å². The average molecular weight is 403 g/mol. The van der Waals surface area contributed by atoms with Crippen LogP contribution < -0.4 is 5.56 Å². The zero-order chi connectivity index (χ0) is 21.1. The molecule has 1 unspecified atom stereocenters. The van der Waals surface area contributed by atoms with E-state index in [4.69, 9.17) is 4.42 Å². The van der Waals surface area contributed by atoms with E-state index in [1.807, 2.05) is 49.4 Å². The van der Waals surface area contributed by atoms with Crippen molar-refractivity contribution in [2.24, 2.45) is 0 Å². The summed E-state index contributed by atoms with van der Waals surface area (Å²) in [5.74, 6) is 1.67. The molecule has 0 fully saturated rings. The van der Waals surface area contributed by atoms with E-state index >= 15 is 0 Å². The highest BCUT2D eigenvalue weighted by Gasteiger charge is 2.19. The number of fused-ring (bicyclic) bond motifs is 1. The Morgan fingerprint density at radius 2 is 1.93 bits per heavy atom. The molecule has 0 saturated heterocycles. The van der Waals surface area contributed by atoms with E-state index < -0.39 is 0 Å². The number of nitrogens with one attached hydrogen (secondary N) is 1. The second-order valence-electron chi connectivity index (χ2n) is 7.56. The Labute approximate surface area is 174 Å². The monoisotopic (exact) mass is 403 g/mol. The predicted molar refractivity (Wildman–Crippen MR) is 116 cm³/mol. The number of aromatic nitrogens is 4. The van der Waals surface area contributed by atoms with Gasteiger partial charge in [-0.3, -0.25) is 9.69 Å². The van der Waals surface area contributed by atoms with Gasteiger partial charge in [-0.1, -0.05) is 36.8 Å². The predicted octanol–water partition coefficient (Wildman–Crippen LogP) is 4.08. The number of para-hydroxylation sites is 1. The van der Waals surface area contributed by atoms with Crippen LogP contribution in [0.25, 0.3) is 22.4 Å². The van der Waals surface area contributed by atoms with Gasteiger partial charge in [0.25, 0.3) is 5.56 Å². The lowest BCUT2D eigenvalue weighted by atomic mass is 10.1. The summed E-state index contributed by atoms with van der Waals surface area (Å²) < 4.78 is 5.93. The van der Waals surface area contributed by atoms with Crippen molar-refractivity contribution in [1.82, 2.24) is 25.1 Å². The first-order valence-corrected chi connectivity index (χ1v) is 10.1. The van der Waals surface area contributed by atoms with Crippen LogP contribution in [-0.4, -0.2) is 31.1 Å². The van der Waals surface area contributed by atoms with Crippen molar-refractivity contribution >= 4 is 10.9 Å². The van der Waals surface area contributed by atoms with Gasteiger partial charge in [-0.25, -0.2) is 4.98 Å². The molecule has 0 bridgehead atoms. The van der Waals surface area contributed by atoms with E-state index in [9.17, 15) is 4.79 Å². The second kappa shape index (κ2) is 8.59. The average Bonchev–Trinajstić information content (AvgIpc) is 3.21. The molecule has 1 N–H and O–H groups in total. The smallest absolute Gasteiger partial charge is 0.258 e. The van der Waals surface area contributed by atoms with Gasteiger partial charge in [0, 0.05) is 11.6 Å². The van der Waals surface area contributed by atoms with Crippen LogP contribution in [0.4, 0.5) is 0 Å². The fraction of sp³-hybridized carbons (Fsp3) is 0.304. The van der Waals surface area contributed by atoms with E-state index in [0.717, 1.165) is 17.5 Å². The van der Waals surface area contributed by atoms with Gasteiger partial charge >= 0.3 is 0 Å². The molecule has 0 spiro atoms. The van der Waals surface area contributed by atoms with Crippen LogP contribution in [0.2, 0.25) is 0 Å². The molecular formula is C23H25N5O2. The third-order valence-electron chi connectivity index (χ3n) is 5.30. The van der Waals surface area contributed by atoms with Crippen molar-refractivity contribution in [2.45, 2.75) is 46.3 Å². The van der Waals surface area contributed by atoms with Crippen molar-refractivity contribution in [3.63, 3.8) is 0 Å². The van der Waals surface area contributed by atoms with E-state index in [0.29, 0.717) is 41.6 Å². The van der Waals surface area contributed by atoms with Crippen LogP contribution >= 0.6 is 0 Å². The van der Waals surface area contributed by atoms with Crippen molar-refractivity contribution in [2.75, 3.05) is 0 Å². The second-order valence-corrected chi connectivity index (χ2v) is 7.56. The summed E-state index contributed by atoms with van der Waals surface area (Å²) in [5.41, 5.74) is 2.61. The Morgan fingerprint density at radius 3 is 2.73 bits per heavy atom. The van der Waals surface area contributed by atoms with Gasteiger partial charge in [0.15, 0.2) is 0 Å². The van der Waals surface area contributed by atoms with Crippen LogP contribution in [-0.2, 0) is 13.1 Å². The summed E-state index contributed by atoms with van der Waals surface area (Å²) in [4.78, 5) is 22.1. The maximum absolute atomic E-state index is 12.4. The SMILES string of the molecule is CCC(C)N(Cc1nc2ccccc2c(=O)[nH]1)Cc1nnc(-c2cccc(C)c2)o1. The molecule has 2 aromatic carbocycles. The summed E-state index contributed by atoms with van der Waals surface area (Å²) >= 11 is 0. The molecule has 0 radical (unpaired) electrons. The summed E-state index contributed by atoms with van der Waals surface area (Å²) in [5, 5.41) is 9.04. The van der Waals surface area contributed by atoms with Gasteiger partial charge in [-0.15, -0.1) is 10.2 Å². The number of aryl methyl sites for hydroxylation is 1. The summed E-state index contributed by atoms with van der Waals surface area (Å²) in [6, 6.07) is 15.6. The number of rotatable bonds is 7. The highest BCUT2D eigenvalue weighted by molar-refractivity contribution is 5.77. The van der Waals surface area contributed by atoms with Crippen molar-refractivity contribution in [3.8, 4) is 11.5 Å². The molecule has 7 heteroatoms. The van der Waals surface area contributed by atoms with E-state index in [1.165, 1.54) is 0 Å². The summed E-state index contributed by atoms with van der Waals surface area (Å²) in [7, 11) is 0. The third kappa shape index (κ3) is 4.31. The molecule has 4 aromatic rings. The maximum atomic E-state index is 12.4. The van der Waals surface area contributed by atoms with E-state index in [2.05, 4.69) is 38.9 Å². The molecule has 7 nitrogen and oxygen atoms in total. The minimum atomic E-state index is -0.126. The highest BCUT2D eigenvalue weighted by atomic mass is 16.4. The standard InChI is InChI=1S/C23H25N5O2/c1-4-16(3)28(13-20-24-19-11-6-5-10-18(19)22(29)25-20)14-21-26-27-23(30-21)17-9-7-8-15(2)12-17/h5-12,16H,4,13-14H2,1-3H3,(H,24,25,29). The first-order valence-electron chi connectivity index (χ1n) is 10.1. The topological polar surface area (TPSA) is 87.9 Å². The zero-order valence-electron chi connectivity index (χ0n) is 17.4. The third-order valence-corrected chi connectivity index (χ3v) is 5.30. The van der Waals surface area contributed by atoms with Crippen LogP contribution in [0, 0.1) is 6.92 Å². The van der Waals surface area contributed by atoms with E-state index in [1.54, 1.807) is 6.07 Å². The van der Waals surface area contributed by atoms with Crippen LogP contribution in [0.15, 0.2) is 57.7 Å². The number of hydrogen-bond donors (Lipinski definition) is 1. The molecule has 2 aromatic heterocycles. The zero-order valence-corrected chi connectivity index (χ0v) is 17.4. The van der Waals surface area contributed by atoms with Crippen molar-refractivity contribution in [1.29, 1.82) is 0 Å². The fourth-order valence-corrected chi connectivity index (χ4v) is 3.41. The summed E-state index contributed by atoms with van der Waals surface area (Å²) in [6.07, 6.45) is 0.941. The molecule has 2 heterocycles. The number of H-pyrrole nitrogens is 1. The minimum Gasteiger partial charge on any atom is -0.419 e. The Morgan fingerprint density at radius 1 is 1.10 bits per heavy atom. The van der Waals surface area contributed by atoms with Crippen LogP contribution in [0.5, 0.6) is 0 Å². The lowest BCUT2D eigenvalue weighted by molar-refractivity contribution is 0.165. The van der Waals surface area contributed by atoms with Gasteiger partial charge in [0.2, 0.25) is 11.8 Å². The quantitative estimate of drug-likeness (QED) is 0.500. The normalized spacial score (nSPS) is 12.5. The summed E-state index contributed by atoms with van der Waals surface area (Å²) in [6.45, 7) is 7.25. The highest BCUT2D eigenvalue weighted by Crippen LogP contribution is 2.21. The van der Waals surface area contributed by atoms with Gasteiger partial charge in [0.05, 0.1) is 24.0 Å². The van der Waals surface area contributed by atoms with Gasteiger partial charge < -0.3 is 9.40 Å². The number of nitrogens with zero attached hydrogens (tertiary/aromatic N) is 4. The minimum absolute atomic E-state index is 0.126. The van der Waals surface area contributed by atoms with Crippen LogP contribution in [0.3, 0.4) is 0 Å².